The van der Waals surface area contributed by atoms with Crippen LogP contribution in [0.5, 0.6) is 0 Å². The number of rotatable bonds is 10. The smallest absolute Gasteiger partial charge is 0.410 e. The van der Waals surface area contributed by atoms with Crippen molar-refractivity contribution in [3.63, 3.8) is 0 Å². The monoisotopic (exact) mass is 684 g/mol. The molecule has 0 bridgehead atoms. The number of hydrogen-bond donors (Lipinski definition) is 3. The molecular formula is C36H70N2O9. The van der Waals surface area contributed by atoms with Crippen LogP contribution in [0.15, 0.2) is 36.0 Å². The number of esters is 2. The quantitative estimate of drug-likeness (QED) is 0.0832. The fraction of sp³-hybridized carbons (Fsp3) is 0.750. The van der Waals surface area contributed by atoms with E-state index in [0.29, 0.717) is 32.6 Å². The number of cyclic esters (lactones) is 1. The summed E-state index contributed by atoms with van der Waals surface area (Å²) in [5.41, 5.74) is -0.468. The number of nitrogens with one attached hydrogen (secondary N) is 1. The summed E-state index contributed by atoms with van der Waals surface area (Å²) in [5, 5.41) is 24.1. The van der Waals surface area contributed by atoms with Crippen molar-refractivity contribution in [1.82, 2.24) is 10.2 Å². The molecule has 3 rings (SSSR count). The van der Waals surface area contributed by atoms with Gasteiger partial charge in [0.05, 0.1) is 30.8 Å². The summed E-state index contributed by atoms with van der Waals surface area (Å²) in [5.74, 6) is -1.06. The maximum Gasteiger partial charge on any atom is 0.410 e. The number of aliphatic hydroxyl groups is 2. The number of nitrogens with zero attached hydrogens (tertiary/aromatic N) is 1. The Morgan fingerprint density at radius 2 is 1.94 bits per heavy atom. The zero-order valence-electron chi connectivity index (χ0n) is 36.6. The summed E-state index contributed by atoms with van der Waals surface area (Å²) in [6.45, 7) is 15.2. The predicted octanol–water partition coefficient (Wildman–Crippen LogP) is 5.94. The molecule has 3 aliphatic heterocycles. The van der Waals surface area contributed by atoms with Gasteiger partial charge >= 0.3 is 18.0 Å². The van der Waals surface area contributed by atoms with Crippen LogP contribution < -0.4 is 5.32 Å². The second-order valence-corrected chi connectivity index (χ2v) is 13.5. The van der Waals surface area contributed by atoms with E-state index in [1.54, 1.807) is 17.9 Å². The lowest BCUT2D eigenvalue weighted by Gasteiger charge is -2.37. The van der Waals surface area contributed by atoms with Crippen molar-refractivity contribution in [2.24, 2.45) is 17.8 Å². The number of amides is 1. The number of hydrogen-bond acceptors (Lipinski definition) is 10. The molecule has 0 spiro atoms. The molecule has 1 amide bonds. The topological polar surface area (TPSA) is 147 Å². The van der Waals surface area contributed by atoms with Gasteiger partial charge in [-0.1, -0.05) is 59.4 Å². The Labute approximate surface area is 295 Å². The van der Waals surface area contributed by atoms with E-state index in [1.807, 2.05) is 45.9 Å². The number of carbonyl (C=O) groups is 3. The Morgan fingerprint density at radius 1 is 1.26 bits per heavy atom. The zero-order valence-corrected chi connectivity index (χ0v) is 28.6. The van der Waals surface area contributed by atoms with Crippen molar-refractivity contribution in [1.29, 1.82) is 0 Å². The average molecular weight is 684 g/mol. The molecule has 0 radical (unpaired) electrons. The van der Waals surface area contributed by atoms with Gasteiger partial charge in [-0.3, -0.25) is 9.59 Å². The minimum Gasteiger partial charge on any atom is -0.457 e. The van der Waals surface area contributed by atoms with Crippen molar-refractivity contribution in [2.75, 3.05) is 26.2 Å². The molecular weight excluding hydrogens is 604 g/mol. The Hall–Kier alpha value is -2.73. The summed E-state index contributed by atoms with van der Waals surface area (Å²) in [6.07, 6.45) is 7.84. The largest absolute Gasteiger partial charge is 0.457 e. The lowest BCUT2D eigenvalue weighted by Crippen LogP contribution is -2.51. The first kappa shape index (κ1) is 34.1. The summed E-state index contributed by atoms with van der Waals surface area (Å²) in [7, 11) is 0. The van der Waals surface area contributed by atoms with E-state index in [0.717, 1.165) is 12.0 Å². The van der Waals surface area contributed by atoms with Crippen molar-refractivity contribution in [3.05, 3.63) is 36.0 Å². The van der Waals surface area contributed by atoms with Crippen LogP contribution in [0.2, 0.25) is 0 Å². The molecule has 10 atom stereocenters. The van der Waals surface area contributed by atoms with Gasteiger partial charge in [-0.2, -0.15) is 0 Å². The van der Waals surface area contributed by atoms with Crippen LogP contribution in [-0.4, -0.2) is 102 Å². The molecule has 0 saturated carbocycles. The summed E-state index contributed by atoms with van der Waals surface area (Å²) in [6, 6.07) is 0. The molecule has 3 aliphatic rings. The van der Waals surface area contributed by atoms with Gasteiger partial charge in [-0.05, 0) is 57.1 Å². The summed E-state index contributed by atoms with van der Waals surface area (Å²) < 4.78 is 63.5. The summed E-state index contributed by atoms with van der Waals surface area (Å²) >= 11 is 0. The van der Waals surface area contributed by atoms with Gasteiger partial charge in [0.25, 0.3) is 0 Å². The van der Waals surface area contributed by atoms with E-state index < -0.39 is 41.9 Å². The van der Waals surface area contributed by atoms with Gasteiger partial charge in [-0.15, -0.1) is 0 Å². The molecule has 0 unspecified atom stereocenters. The molecule has 278 valence electrons. The first-order valence-corrected chi connectivity index (χ1v) is 16.8. The van der Waals surface area contributed by atoms with Crippen molar-refractivity contribution in [3.8, 4) is 0 Å². The lowest BCUT2D eigenvalue weighted by atomic mass is 9.88. The van der Waals surface area contributed by atoms with Crippen LogP contribution in [0.1, 0.15) is 101 Å². The van der Waals surface area contributed by atoms with E-state index in [-0.39, 0.29) is 64.2 Å². The van der Waals surface area contributed by atoms with Gasteiger partial charge in [0.1, 0.15) is 11.7 Å². The second-order valence-electron chi connectivity index (χ2n) is 13.5. The van der Waals surface area contributed by atoms with E-state index >= 15 is 0 Å². The summed E-state index contributed by atoms with van der Waals surface area (Å²) in [4.78, 5) is 39.9. The number of aliphatic hydroxyl groups excluding tert-OH is 2. The molecule has 0 aliphatic carbocycles. The Bertz CT molecular complexity index is 1150. The van der Waals surface area contributed by atoms with E-state index in [2.05, 4.69) is 18.3 Å². The van der Waals surface area contributed by atoms with E-state index in [1.165, 1.54) is 6.92 Å². The van der Waals surface area contributed by atoms with Crippen LogP contribution in [-0.2, 0) is 28.5 Å². The van der Waals surface area contributed by atoms with Crippen molar-refractivity contribution < 1.29 is 56.8 Å². The Balaban J connectivity index is -0.00000127. The van der Waals surface area contributed by atoms with Crippen LogP contribution >= 0.6 is 0 Å². The highest BCUT2D eigenvalue weighted by atomic mass is 16.6. The highest BCUT2D eigenvalue weighted by Gasteiger charge is 2.45. The van der Waals surface area contributed by atoms with Crippen LogP contribution in [0.3, 0.4) is 0 Å². The van der Waals surface area contributed by atoms with Crippen LogP contribution in [0.25, 0.3) is 0 Å². The third-order valence-electron chi connectivity index (χ3n) is 9.30. The minimum atomic E-state index is -1.27. The van der Waals surface area contributed by atoms with E-state index in [9.17, 15) is 24.6 Å². The minimum absolute atomic E-state index is 0. The molecule has 2 fully saturated rings. The first-order chi connectivity index (χ1) is 25.7. The van der Waals surface area contributed by atoms with Gasteiger partial charge in [0, 0.05) is 58.2 Å². The SMILES string of the molecule is C.CC[C@H](O)[C@@H](C)[C@H]1O[C@@H]1C[C@H](C)/C=C/C=C(\C)[C@H]1OC(=O)C[C@H](O)CC[C@@](C)(OC(C)=O)[C@@H](OC(=O)N2CCNCC2)/C=C/[C@@H]1C.[2HH].[2H][2H].[2H][2H].[2H][2H].[2H][2H]. The molecule has 0 aromatic heterocycles. The van der Waals surface area contributed by atoms with Crippen LogP contribution in [0, 0.1) is 17.8 Å². The maximum absolute atomic E-state index is 13.2. The second kappa shape index (κ2) is 18.7. The fourth-order valence-electron chi connectivity index (χ4n) is 6.24. The first-order valence-electron chi connectivity index (χ1n) is 20.8. The standard InChI is InChI=1S/C35H56N2O9.CH4.5H2/c1-8-28(40)25(5)33-29(43-33)20-22(2)10-9-11-23(3)32-24(4)12-13-30(44-34(42)37-18-16-36-17-19-37)35(7,46-26(6)38)15-14-27(39)21-31(41)45-32;;;;;;/h9-13,22,24-25,27-30,32-33,36,39-40H,8,14-21H2,1-7H3;1H4;5*1H/b10-9+,13-12+,23-11+;;;;;;/t22-,24+,25-,27-,28+,29-,30+,32-,33-,35-;;;;;;/m1....../s1/i;;4*1+1D;1+1. The number of carbonyl (C=O) groups excluding carboxylic acids is 3. The molecule has 47 heavy (non-hydrogen) atoms. The molecule has 0 aromatic rings. The Kier molecular flexibility index (Phi) is 13.6. The third-order valence-corrected chi connectivity index (χ3v) is 9.30. The van der Waals surface area contributed by atoms with Crippen molar-refractivity contribution in [2.45, 2.75) is 130 Å². The highest BCUT2D eigenvalue weighted by Crippen LogP contribution is 2.36. The number of allylic oxidation sites excluding steroid dienone is 3. The number of epoxide rings is 1. The lowest BCUT2D eigenvalue weighted by molar-refractivity contribution is -0.168. The molecule has 3 N–H and O–H groups in total. The van der Waals surface area contributed by atoms with Gasteiger partial charge in [-0.25, -0.2) is 4.79 Å². The molecule has 0 aromatic carbocycles. The molecule has 2 saturated heterocycles. The molecule has 11 nitrogen and oxygen atoms in total. The Morgan fingerprint density at radius 3 is 2.57 bits per heavy atom. The highest BCUT2D eigenvalue weighted by molar-refractivity contribution is 5.71. The van der Waals surface area contributed by atoms with Gasteiger partial charge in [0.15, 0.2) is 6.10 Å². The third kappa shape index (κ3) is 12.3. The van der Waals surface area contributed by atoms with E-state index in [4.69, 9.17) is 30.8 Å². The molecule has 11 heteroatoms. The zero-order chi connectivity index (χ0) is 42.0. The maximum atomic E-state index is 13.2. The van der Waals surface area contributed by atoms with Crippen LogP contribution in [0.4, 0.5) is 4.79 Å². The number of piperazine rings is 1. The fourth-order valence-corrected chi connectivity index (χ4v) is 6.24. The molecule has 3 heterocycles. The normalized spacial score (nSPS) is 33.9. The van der Waals surface area contributed by atoms with Crippen molar-refractivity contribution >= 4 is 18.0 Å². The number of ether oxygens (including phenoxy) is 4. The van der Waals surface area contributed by atoms with Gasteiger partial charge in [0.2, 0.25) is 0 Å². The van der Waals surface area contributed by atoms with Gasteiger partial charge < -0.3 is 39.4 Å². The average Bonchev–Trinajstić information content (AvgIpc) is 3.95. The predicted molar refractivity (Wildman–Crippen MR) is 191 cm³/mol.